The second-order valence-electron chi connectivity index (χ2n) is 4.05. The number of H-pyrrole nitrogens is 1. The molecule has 0 radical (unpaired) electrons. The Morgan fingerprint density at radius 3 is 3.05 bits per heavy atom. The van der Waals surface area contributed by atoms with E-state index in [4.69, 9.17) is 0 Å². The summed E-state index contributed by atoms with van der Waals surface area (Å²) in [7, 11) is 0. The molecule has 0 aliphatic heterocycles. The summed E-state index contributed by atoms with van der Waals surface area (Å²) in [6.45, 7) is 2.08. The molecule has 2 heterocycles. The molecule has 0 aliphatic carbocycles. The summed E-state index contributed by atoms with van der Waals surface area (Å²) in [5, 5.41) is 20.4. The van der Waals surface area contributed by atoms with E-state index >= 15 is 0 Å². The quantitative estimate of drug-likeness (QED) is 0.762. The van der Waals surface area contributed by atoms with Gasteiger partial charge in [0.15, 0.2) is 0 Å². The Morgan fingerprint density at radius 2 is 2.32 bits per heavy atom. The van der Waals surface area contributed by atoms with Crippen molar-refractivity contribution in [3.05, 3.63) is 40.8 Å². The number of nitrogens with zero attached hydrogens (tertiary/aromatic N) is 4. The molecular weight excluding hydrogens is 260 g/mol. The number of anilines is 1. The van der Waals surface area contributed by atoms with E-state index in [-0.39, 0.29) is 6.04 Å². The first kappa shape index (κ1) is 11.8. The van der Waals surface area contributed by atoms with Gasteiger partial charge in [-0.05, 0) is 24.3 Å². The summed E-state index contributed by atoms with van der Waals surface area (Å²) >= 11 is 1.64. The molecule has 2 N–H and O–H groups in total. The van der Waals surface area contributed by atoms with Gasteiger partial charge in [0.25, 0.3) is 0 Å². The second kappa shape index (κ2) is 5.15. The molecule has 1 aromatic carbocycles. The predicted octanol–water partition coefficient (Wildman–Crippen LogP) is 2.50. The highest BCUT2D eigenvalue weighted by Crippen LogP contribution is 2.23. The minimum atomic E-state index is 0.167. The SMILES string of the molecule is CC(Nc1cccc(-c2nn[nH]n2)c1)c1nccs1. The van der Waals surface area contributed by atoms with Crippen molar-refractivity contribution in [2.45, 2.75) is 13.0 Å². The molecule has 0 aliphatic rings. The highest BCUT2D eigenvalue weighted by molar-refractivity contribution is 7.09. The number of thiazole rings is 1. The van der Waals surface area contributed by atoms with Crippen molar-refractivity contribution in [1.82, 2.24) is 25.6 Å². The Kier molecular flexibility index (Phi) is 3.20. The van der Waals surface area contributed by atoms with Crippen LogP contribution in [-0.4, -0.2) is 25.6 Å². The van der Waals surface area contributed by atoms with Crippen LogP contribution in [0.15, 0.2) is 35.8 Å². The van der Waals surface area contributed by atoms with Crippen LogP contribution in [0.25, 0.3) is 11.4 Å². The number of rotatable bonds is 4. The molecule has 0 bridgehead atoms. The number of nitrogens with one attached hydrogen (secondary N) is 2. The molecule has 0 amide bonds. The lowest BCUT2D eigenvalue weighted by atomic mass is 10.2. The first-order valence-corrected chi connectivity index (χ1v) is 6.71. The molecule has 2 aromatic heterocycles. The minimum absolute atomic E-state index is 0.167. The van der Waals surface area contributed by atoms with Crippen LogP contribution in [0.1, 0.15) is 18.0 Å². The highest BCUT2D eigenvalue weighted by atomic mass is 32.1. The number of aromatic amines is 1. The van der Waals surface area contributed by atoms with E-state index in [0.717, 1.165) is 16.3 Å². The lowest BCUT2D eigenvalue weighted by Crippen LogP contribution is -2.06. The number of hydrogen-bond donors (Lipinski definition) is 2. The smallest absolute Gasteiger partial charge is 0.204 e. The molecule has 1 atom stereocenters. The van der Waals surface area contributed by atoms with Gasteiger partial charge in [-0.15, -0.1) is 21.5 Å². The number of benzene rings is 1. The first-order chi connectivity index (χ1) is 9.33. The lowest BCUT2D eigenvalue weighted by Gasteiger charge is -2.13. The fraction of sp³-hybridized carbons (Fsp3) is 0.167. The van der Waals surface area contributed by atoms with Gasteiger partial charge in [0.2, 0.25) is 5.82 Å². The second-order valence-corrected chi connectivity index (χ2v) is 4.98. The topological polar surface area (TPSA) is 79.4 Å². The fourth-order valence-electron chi connectivity index (χ4n) is 1.79. The molecule has 7 heteroatoms. The largest absolute Gasteiger partial charge is 0.376 e. The van der Waals surface area contributed by atoms with Crippen LogP contribution in [0, 0.1) is 0 Å². The molecule has 96 valence electrons. The number of tetrazole rings is 1. The predicted molar refractivity (Wildman–Crippen MR) is 73.8 cm³/mol. The van der Waals surface area contributed by atoms with Crippen LogP contribution in [0.4, 0.5) is 5.69 Å². The third-order valence-electron chi connectivity index (χ3n) is 2.67. The van der Waals surface area contributed by atoms with Crippen LogP contribution in [0.2, 0.25) is 0 Å². The molecule has 3 aromatic rings. The molecular formula is C12H12N6S. The average molecular weight is 272 g/mol. The lowest BCUT2D eigenvalue weighted by molar-refractivity contribution is 0.870. The van der Waals surface area contributed by atoms with Crippen LogP contribution in [0.5, 0.6) is 0 Å². The Balaban J connectivity index is 1.80. The number of hydrogen-bond acceptors (Lipinski definition) is 6. The summed E-state index contributed by atoms with van der Waals surface area (Å²) in [5.41, 5.74) is 1.93. The van der Waals surface area contributed by atoms with Gasteiger partial charge in [0.1, 0.15) is 5.01 Å². The third-order valence-corrected chi connectivity index (χ3v) is 3.63. The van der Waals surface area contributed by atoms with Crippen molar-refractivity contribution >= 4 is 17.0 Å². The van der Waals surface area contributed by atoms with Crippen LogP contribution in [0.3, 0.4) is 0 Å². The van der Waals surface area contributed by atoms with E-state index in [1.807, 2.05) is 35.8 Å². The Labute approximate surface area is 113 Å². The molecule has 0 saturated carbocycles. The molecule has 19 heavy (non-hydrogen) atoms. The Morgan fingerprint density at radius 1 is 1.37 bits per heavy atom. The van der Waals surface area contributed by atoms with Crippen molar-refractivity contribution < 1.29 is 0 Å². The van der Waals surface area contributed by atoms with Crippen molar-refractivity contribution in [2.24, 2.45) is 0 Å². The standard InChI is InChI=1S/C12H12N6S/c1-8(12-13-5-6-19-12)14-10-4-2-3-9(7-10)11-15-17-18-16-11/h2-8,14H,1H3,(H,15,16,17,18). The number of aromatic nitrogens is 5. The van der Waals surface area contributed by atoms with Crippen molar-refractivity contribution in [2.75, 3.05) is 5.32 Å². The van der Waals surface area contributed by atoms with E-state index in [2.05, 4.69) is 37.8 Å². The Bertz CT molecular complexity index is 634. The normalized spacial score (nSPS) is 12.3. The van der Waals surface area contributed by atoms with E-state index in [0.29, 0.717) is 5.82 Å². The van der Waals surface area contributed by atoms with Crippen LogP contribution in [-0.2, 0) is 0 Å². The van der Waals surface area contributed by atoms with Gasteiger partial charge >= 0.3 is 0 Å². The van der Waals surface area contributed by atoms with Crippen molar-refractivity contribution in [1.29, 1.82) is 0 Å². The summed E-state index contributed by atoms with van der Waals surface area (Å²) in [5.74, 6) is 0.588. The van der Waals surface area contributed by atoms with Gasteiger partial charge in [-0.2, -0.15) is 5.21 Å². The van der Waals surface area contributed by atoms with Gasteiger partial charge in [0, 0.05) is 22.8 Å². The van der Waals surface area contributed by atoms with E-state index < -0.39 is 0 Å². The molecule has 6 nitrogen and oxygen atoms in total. The monoisotopic (exact) mass is 272 g/mol. The van der Waals surface area contributed by atoms with Gasteiger partial charge in [-0.25, -0.2) is 4.98 Å². The van der Waals surface area contributed by atoms with Crippen LogP contribution < -0.4 is 5.32 Å². The maximum absolute atomic E-state index is 4.30. The molecule has 3 rings (SSSR count). The highest BCUT2D eigenvalue weighted by Gasteiger charge is 2.09. The fourth-order valence-corrected chi connectivity index (χ4v) is 2.44. The summed E-state index contributed by atoms with van der Waals surface area (Å²) < 4.78 is 0. The van der Waals surface area contributed by atoms with E-state index in [1.165, 1.54) is 0 Å². The van der Waals surface area contributed by atoms with E-state index in [1.54, 1.807) is 11.3 Å². The maximum Gasteiger partial charge on any atom is 0.204 e. The summed E-state index contributed by atoms with van der Waals surface area (Å²) in [6, 6.07) is 8.08. The minimum Gasteiger partial charge on any atom is -0.376 e. The summed E-state index contributed by atoms with van der Waals surface area (Å²) in [6.07, 6.45) is 1.81. The summed E-state index contributed by atoms with van der Waals surface area (Å²) in [4.78, 5) is 4.30. The zero-order chi connectivity index (χ0) is 13.1. The van der Waals surface area contributed by atoms with Crippen molar-refractivity contribution in [3.63, 3.8) is 0 Å². The van der Waals surface area contributed by atoms with Crippen molar-refractivity contribution in [3.8, 4) is 11.4 Å². The molecule has 1 unspecified atom stereocenters. The zero-order valence-corrected chi connectivity index (χ0v) is 11.1. The van der Waals surface area contributed by atoms with Crippen LogP contribution >= 0.6 is 11.3 Å². The zero-order valence-electron chi connectivity index (χ0n) is 10.2. The van der Waals surface area contributed by atoms with E-state index in [9.17, 15) is 0 Å². The maximum atomic E-state index is 4.30. The van der Waals surface area contributed by atoms with Gasteiger partial charge in [0.05, 0.1) is 6.04 Å². The van der Waals surface area contributed by atoms with Gasteiger partial charge < -0.3 is 5.32 Å². The molecule has 0 saturated heterocycles. The first-order valence-electron chi connectivity index (χ1n) is 5.83. The molecule has 0 fully saturated rings. The molecule has 0 spiro atoms. The Hall–Kier alpha value is -2.28. The average Bonchev–Trinajstić information content (AvgIpc) is 3.13. The van der Waals surface area contributed by atoms with Gasteiger partial charge in [-0.3, -0.25) is 0 Å². The van der Waals surface area contributed by atoms with Gasteiger partial charge in [-0.1, -0.05) is 12.1 Å². The third kappa shape index (κ3) is 2.60.